The van der Waals surface area contributed by atoms with Crippen LogP contribution in [0, 0.1) is 0 Å². The van der Waals surface area contributed by atoms with Crippen molar-refractivity contribution in [3.8, 4) is 5.75 Å². The Kier molecular flexibility index (Phi) is 5.89. The number of anilines is 1. The zero-order valence-corrected chi connectivity index (χ0v) is 16.0. The largest absolute Gasteiger partial charge is 0.483 e. The quantitative estimate of drug-likeness (QED) is 0.827. The molecule has 2 aromatic rings. The molecule has 0 aliphatic carbocycles. The summed E-state index contributed by atoms with van der Waals surface area (Å²) in [7, 11) is 0. The second-order valence-electron chi connectivity index (χ2n) is 6.72. The van der Waals surface area contributed by atoms with Gasteiger partial charge in [0.25, 0.3) is 5.91 Å². The first-order valence-electron chi connectivity index (χ1n) is 8.97. The summed E-state index contributed by atoms with van der Waals surface area (Å²) >= 11 is 5.46. The zero-order valence-electron chi connectivity index (χ0n) is 15.2. The first-order valence-corrected chi connectivity index (χ1v) is 9.38. The molecular weight excluding hydrogens is 344 g/mol. The van der Waals surface area contributed by atoms with E-state index in [1.165, 1.54) is 5.56 Å². The Morgan fingerprint density at radius 3 is 2.73 bits per heavy atom. The third kappa shape index (κ3) is 4.22. The van der Waals surface area contributed by atoms with Crippen LogP contribution in [-0.4, -0.2) is 24.2 Å². The van der Waals surface area contributed by atoms with Crippen LogP contribution in [-0.2, 0) is 11.2 Å². The minimum absolute atomic E-state index is 0.0562. The van der Waals surface area contributed by atoms with E-state index < -0.39 is 0 Å². The number of fused-ring (bicyclic) bond motifs is 1. The molecule has 4 nitrogen and oxygen atoms in total. The van der Waals surface area contributed by atoms with Gasteiger partial charge < -0.3 is 9.64 Å². The third-order valence-electron chi connectivity index (χ3n) is 4.50. The summed E-state index contributed by atoms with van der Waals surface area (Å²) in [6, 6.07) is 16.0. The maximum absolute atomic E-state index is 12.3. The maximum atomic E-state index is 12.3. The molecule has 1 aliphatic rings. The van der Waals surface area contributed by atoms with Gasteiger partial charge in [-0.25, -0.2) is 0 Å². The molecule has 1 amide bonds. The van der Waals surface area contributed by atoms with E-state index in [1.54, 1.807) is 0 Å². The van der Waals surface area contributed by atoms with Crippen molar-refractivity contribution < 1.29 is 9.53 Å². The van der Waals surface area contributed by atoms with Gasteiger partial charge in [-0.1, -0.05) is 50.2 Å². The van der Waals surface area contributed by atoms with Crippen molar-refractivity contribution in [3.05, 3.63) is 59.7 Å². The van der Waals surface area contributed by atoms with Crippen molar-refractivity contribution in [2.75, 3.05) is 18.1 Å². The molecule has 0 fully saturated rings. The van der Waals surface area contributed by atoms with Gasteiger partial charge in [0.15, 0.2) is 11.7 Å². The molecular formula is C21H24N2O2S. The van der Waals surface area contributed by atoms with Crippen molar-refractivity contribution in [1.29, 1.82) is 0 Å². The Morgan fingerprint density at radius 1 is 1.19 bits per heavy atom. The molecule has 1 heterocycles. The van der Waals surface area contributed by atoms with Gasteiger partial charge in [-0.2, -0.15) is 0 Å². The number of rotatable bonds is 4. The van der Waals surface area contributed by atoms with Gasteiger partial charge in [0.05, 0.1) is 0 Å². The van der Waals surface area contributed by atoms with Gasteiger partial charge in [-0.3, -0.25) is 10.1 Å². The minimum atomic E-state index is -0.239. The molecule has 0 radical (unpaired) electrons. The average molecular weight is 369 g/mol. The predicted molar refractivity (Wildman–Crippen MR) is 109 cm³/mol. The van der Waals surface area contributed by atoms with Crippen molar-refractivity contribution in [1.82, 2.24) is 5.32 Å². The molecule has 1 aliphatic heterocycles. The number of aryl methyl sites for hydroxylation is 1. The molecule has 26 heavy (non-hydrogen) atoms. The molecule has 136 valence electrons. The molecule has 1 N–H and O–H groups in total. The number of nitrogens with one attached hydrogen (secondary N) is 1. The summed E-state index contributed by atoms with van der Waals surface area (Å²) in [5.41, 5.74) is 3.43. The molecule has 3 rings (SSSR count). The Bertz CT molecular complexity index is 804. The van der Waals surface area contributed by atoms with Crippen LogP contribution in [0.5, 0.6) is 5.75 Å². The van der Waals surface area contributed by atoms with E-state index in [-0.39, 0.29) is 12.5 Å². The number of hydrogen-bond acceptors (Lipinski definition) is 3. The van der Waals surface area contributed by atoms with Crippen LogP contribution in [0.4, 0.5) is 5.69 Å². The highest BCUT2D eigenvalue weighted by molar-refractivity contribution is 7.80. The highest BCUT2D eigenvalue weighted by Gasteiger charge is 2.21. The smallest absolute Gasteiger partial charge is 0.264 e. The number of hydrogen-bond donors (Lipinski definition) is 1. The topological polar surface area (TPSA) is 41.6 Å². The van der Waals surface area contributed by atoms with Crippen LogP contribution >= 0.6 is 12.2 Å². The van der Waals surface area contributed by atoms with Crippen molar-refractivity contribution >= 4 is 28.9 Å². The molecule has 0 saturated carbocycles. The Labute approximate surface area is 160 Å². The molecule has 0 atom stereocenters. The van der Waals surface area contributed by atoms with E-state index in [9.17, 15) is 4.79 Å². The number of amides is 1. The van der Waals surface area contributed by atoms with E-state index in [0.717, 1.165) is 36.4 Å². The summed E-state index contributed by atoms with van der Waals surface area (Å²) < 4.78 is 5.73. The third-order valence-corrected chi connectivity index (χ3v) is 4.82. The first-order chi connectivity index (χ1) is 12.6. The highest BCUT2D eigenvalue weighted by atomic mass is 32.1. The highest BCUT2D eigenvalue weighted by Crippen LogP contribution is 2.27. The lowest BCUT2D eigenvalue weighted by Gasteiger charge is -2.31. The van der Waals surface area contributed by atoms with E-state index in [1.807, 2.05) is 47.4 Å². The average Bonchev–Trinajstić information content (AvgIpc) is 2.66. The number of para-hydroxylation sites is 2. The summed E-state index contributed by atoms with van der Waals surface area (Å²) in [6.45, 7) is 4.96. The number of benzene rings is 2. The fraction of sp³-hybridized carbons (Fsp3) is 0.333. The number of nitrogens with zero attached hydrogens (tertiary/aromatic N) is 1. The molecule has 0 aromatic heterocycles. The van der Waals surface area contributed by atoms with Crippen LogP contribution in [0.15, 0.2) is 48.5 Å². The van der Waals surface area contributed by atoms with E-state index in [0.29, 0.717) is 11.0 Å². The van der Waals surface area contributed by atoms with Crippen molar-refractivity contribution in [2.45, 2.75) is 32.6 Å². The molecule has 5 heteroatoms. The maximum Gasteiger partial charge on any atom is 0.264 e. The van der Waals surface area contributed by atoms with Gasteiger partial charge in [-0.15, -0.1) is 0 Å². The Balaban J connectivity index is 1.60. The minimum Gasteiger partial charge on any atom is -0.483 e. The number of ether oxygens (including phenoxy) is 1. The zero-order chi connectivity index (χ0) is 18.5. The van der Waals surface area contributed by atoms with Crippen LogP contribution in [0.3, 0.4) is 0 Å². The molecule has 0 saturated heterocycles. The lowest BCUT2D eigenvalue weighted by atomic mass is 10.0. The number of carbonyl (C=O) groups excluding carboxylic acids is 1. The van der Waals surface area contributed by atoms with Gasteiger partial charge in [0.2, 0.25) is 0 Å². The van der Waals surface area contributed by atoms with Crippen LogP contribution < -0.4 is 15.0 Å². The first kappa shape index (κ1) is 18.4. The molecule has 2 aromatic carbocycles. The van der Waals surface area contributed by atoms with E-state index in [4.69, 9.17) is 17.0 Å². The summed E-state index contributed by atoms with van der Waals surface area (Å²) in [5.74, 6) is 0.837. The van der Waals surface area contributed by atoms with Crippen LogP contribution in [0.1, 0.15) is 37.3 Å². The van der Waals surface area contributed by atoms with Crippen LogP contribution in [0.2, 0.25) is 0 Å². The SMILES string of the molecule is CC(C)c1ccccc1OCC(=O)NC(=S)N1CCCc2ccccc21. The number of thiocarbonyl (C=S) groups is 1. The fourth-order valence-corrected chi connectivity index (χ4v) is 3.50. The normalized spacial score (nSPS) is 13.3. The Hall–Kier alpha value is -2.40. The second kappa shape index (κ2) is 8.32. The van der Waals surface area contributed by atoms with Gasteiger partial charge in [0.1, 0.15) is 5.75 Å². The molecule has 0 unspecified atom stereocenters. The second-order valence-corrected chi connectivity index (χ2v) is 7.11. The predicted octanol–water partition coefficient (Wildman–Crippen LogP) is 4.04. The Morgan fingerprint density at radius 2 is 1.92 bits per heavy atom. The molecule has 0 spiro atoms. The molecule has 0 bridgehead atoms. The standard InChI is InChI=1S/C21H24N2O2S/c1-15(2)17-10-4-6-12-19(17)25-14-20(24)22-21(26)23-13-7-9-16-8-3-5-11-18(16)23/h3-6,8,10-12,15H,7,9,13-14H2,1-2H3,(H,22,24,26). The number of carbonyl (C=O) groups is 1. The van der Waals surface area contributed by atoms with Crippen LogP contribution in [0.25, 0.3) is 0 Å². The van der Waals surface area contributed by atoms with Gasteiger partial charge in [-0.05, 0) is 54.2 Å². The van der Waals surface area contributed by atoms with Gasteiger partial charge in [0, 0.05) is 12.2 Å². The van der Waals surface area contributed by atoms with E-state index in [2.05, 4.69) is 25.2 Å². The summed E-state index contributed by atoms with van der Waals surface area (Å²) in [4.78, 5) is 14.3. The lowest BCUT2D eigenvalue weighted by Crippen LogP contribution is -2.46. The fourth-order valence-electron chi connectivity index (χ4n) is 3.20. The van der Waals surface area contributed by atoms with Crippen molar-refractivity contribution in [2.24, 2.45) is 0 Å². The van der Waals surface area contributed by atoms with E-state index >= 15 is 0 Å². The van der Waals surface area contributed by atoms with Crippen molar-refractivity contribution in [3.63, 3.8) is 0 Å². The lowest BCUT2D eigenvalue weighted by molar-refractivity contribution is -0.121. The summed E-state index contributed by atoms with van der Waals surface area (Å²) in [6.07, 6.45) is 2.06. The summed E-state index contributed by atoms with van der Waals surface area (Å²) in [5, 5.41) is 3.24. The monoisotopic (exact) mass is 368 g/mol. The van der Waals surface area contributed by atoms with Gasteiger partial charge >= 0.3 is 0 Å².